The lowest BCUT2D eigenvalue weighted by Gasteiger charge is -2.57. The van der Waals surface area contributed by atoms with Crippen LogP contribution in [0.5, 0.6) is 0 Å². The zero-order valence-electron chi connectivity index (χ0n) is 20.8. The van der Waals surface area contributed by atoms with Crippen molar-refractivity contribution in [1.82, 2.24) is 0 Å². The number of aliphatic hydroxyl groups is 1. The molecule has 8 atom stereocenters. The van der Waals surface area contributed by atoms with Crippen molar-refractivity contribution in [2.45, 2.75) is 118 Å². The minimum absolute atomic E-state index is 0.0541. The Morgan fingerprint density at radius 1 is 1.10 bits per heavy atom. The first-order valence-electron chi connectivity index (χ1n) is 13.3. The molecular formula is C29H48O. The summed E-state index contributed by atoms with van der Waals surface area (Å²) in [4.78, 5) is 0. The second-order valence-electron chi connectivity index (χ2n) is 12.3. The summed E-state index contributed by atoms with van der Waals surface area (Å²) < 4.78 is 0. The van der Waals surface area contributed by atoms with Crippen LogP contribution in [-0.2, 0) is 0 Å². The lowest BCUT2D eigenvalue weighted by molar-refractivity contribution is -0.0429. The van der Waals surface area contributed by atoms with Crippen molar-refractivity contribution in [3.63, 3.8) is 0 Å². The Morgan fingerprint density at radius 2 is 1.87 bits per heavy atom. The standard InChI is InChI=1S/C29H48O/c1-7-21-24-12-11-22-25-14-13-23(20(4)10-8-9-19(2)3)28(25,5)17-15-26(22)29(24,6)18-16-27(21)30/h9,20-21,23-25,27,30H,7-8,10-18H2,1-6H3/t20-,21?,23-,24?,25+,27+,28-,29+/m1/s1. The van der Waals surface area contributed by atoms with E-state index in [1.165, 1.54) is 63.4 Å². The van der Waals surface area contributed by atoms with Crippen LogP contribution in [0.3, 0.4) is 0 Å². The normalized spacial score (nSPS) is 44.2. The van der Waals surface area contributed by atoms with Gasteiger partial charge in [0.2, 0.25) is 0 Å². The molecule has 0 aliphatic heterocycles. The van der Waals surface area contributed by atoms with Crippen molar-refractivity contribution in [1.29, 1.82) is 0 Å². The first kappa shape index (κ1) is 22.6. The molecule has 0 amide bonds. The van der Waals surface area contributed by atoms with E-state index in [0.29, 0.717) is 16.7 Å². The molecular weight excluding hydrogens is 364 g/mol. The number of allylic oxidation sites excluding steroid dienone is 4. The molecule has 0 heterocycles. The monoisotopic (exact) mass is 412 g/mol. The minimum atomic E-state index is -0.0541. The van der Waals surface area contributed by atoms with E-state index >= 15 is 0 Å². The predicted molar refractivity (Wildman–Crippen MR) is 128 cm³/mol. The molecule has 4 rings (SSSR count). The fourth-order valence-electron chi connectivity index (χ4n) is 9.07. The van der Waals surface area contributed by atoms with Crippen molar-refractivity contribution in [2.75, 3.05) is 0 Å². The average Bonchev–Trinajstić information content (AvgIpc) is 3.05. The Morgan fingerprint density at radius 3 is 2.57 bits per heavy atom. The highest BCUT2D eigenvalue weighted by Gasteiger charge is 2.57. The highest BCUT2D eigenvalue weighted by molar-refractivity contribution is 5.34. The molecule has 2 fully saturated rings. The van der Waals surface area contributed by atoms with Gasteiger partial charge in [0.05, 0.1) is 6.10 Å². The van der Waals surface area contributed by atoms with Crippen LogP contribution in [0.1, 0.15) is 112 Å². The van der Waals surface area contributed by atoms with E-state index in [1.807, 2.05) is 11.1 Å². The van der Waals surface area contributed by atoms with Gasteiger partial charge in [0.25, 0.3) is 0 Å². The van der Waals surface area contributed by atoms with E-state index in [1.54, 1.807) is 0 Å². The zero-order valence-corrected chi connectivity index (χ0v) is 20.8. The van der Waals surface area contributed by atoms with E-state index in [9.17, 15) is 5.11 Å². The molecule has 170 valence electrons. The molecule has 0 spiro atoms. The Labute approximate surface area is 186 Å². The second kappa shape index (κ2) is 8.42. The molecule has 0 radical (unpaired) electrons. The van der Waals surface area contributed by atoms with Gasteiger partial charge in [0, 0.05) is 0 Å². The first-order chi connectivity index (χ1) is 14.2. The topological polar surface area (TPSA) is 20.2 Å². The molecule has 0 aromatic rings. The van der Waals surface area contributed by atoms with Crippen LogP contribution < -0.4 is 0 Å². The smallest absolute Gasteiger partial charge is 0.0571 e. The highest BCUT2D eigenvalue weighted by atomic mass is 16.3. The van der Waals surface area contributed by atoms with Crippen LogP contribution in [0.25, 0.3) is 0 Å². The predicted octanol–water partition coefficient (Wildman–Crippen LogP) is 8.09. The summed E-state index contributed by atoms with van der Waals surface area (Å²) in [5.41, 5.74) is 6.17. The summed E-state index contributed by atoms with van der Waals surface area (Å²) in [7, 11) is 0. The van der Waals surface area contributed by atoms with E-state index in [4.69, 9.17) is 0 Å². The molecule has 1 nitrogen and oxygen atoms in total. The number of aliphatic hydroxyl groups excluding tert-OH is 1. The van der Waals surface area contributed by atoms with Crippen molar-refractivity contribution in [3.05, 3.63) is 22.8 Å². The quantitative estimate of drug-likeness (QED) is 0.452. The molecule has 4 aliphatic carbocycles. The van der Waals surface area contributed by atoms with Crippen molar-refractivity contribution < 1.29 is 5.11 Å². The van der Waals surface area contributed by atoms with Gasteiger partial charge in [-0.05, 0) is 118 Å². The molecule has 0 aromatic carbocycles. The Hall–Kier alpha value is -0.560. The van der Waals surface area contributed by atoms with Gasteiger partial charge in [-0.2, -0.15) is 0 Å². The SMILES string of the molecule is CCC1C2CCC3=C(CC[C@]4(C)[C@@H]([C@H](C)CCC=C(C)C)CC[C@@H]34)[C@@]2(C)CC[C@@H]1O. The number of hydrogen-bond acceptors (Lipinski definition) is 1. The van der Waals surface area contributed by atoms with Crippen LogP contribution in [0.4, 0.5) is 0 Å². The van der Waals surface area contributed by atoms with Gasteiger partial charge in [-0.1, -0.05) is 56.9 Å². The fourth-order valence-corrected chi connectivity index (χ4v) is 9.07. The molecule has 0 saturated heterocycles. The lowest BCUT2D eigenvalue weighted by atomic mass is 9.48. The molecule has 0 aromatic heterocycles. The van der Waals surface area contributed by atoms with Crippen LogP contribution in [0, 0.1) is 40.4 Å². The van der Waals surface area contributed by atoms with Gasteiger partial charge in [-0.25, -0.2) is 0 Å². The lowest BCUT2D eigenvalue weighted by Crippen LogP contribution is -2.49. The summed E-state index contributed by atoms with van der Waals surface area (Å²) in [6, 6.07) is 0. The summed E-state index contributed by atoms with van der Waals surface area (Å²) in [5, 5.41) is 10.7. The molecule has 2 saturated carbocycles. The highest BCUT2D eigenvalue weighted by Crippen LogP contribution is 2.66. The maximum Gasteiger partial charge on any atom is 0.0571 e. The van der Waals surface area contributed by atoms with Crippen LogP contribution in [-0.4, -0.2) is 11.2 Å². The van der Waals surface area contributed by atoms with E-state index in [-0.39, 0.29) is 6.10 Å². The van der Waals surface area contributed by atoms with E-state index in [2.05, 4.69) is 47.6 Å². The Bertz CT molecular complexity index is 697. The van der Waals surface area contributed by atoms with Gasteiger partial charge in [-0.15, -0.1) is 0 Å². The summed E-state index contributed by atoms with van der Waals surface area (Å²) >= 11 is 0. The second-order valence-corrected chi connectivity index (χ2v) is 12.3. The van der Waals surface area contributed by atoms with Crippen LogP contribution >= 0.6 is 0 Å². The molecule has 2 unspecified atom stereocenters. The van der Waals surface area contributed by atoms with E-state index in [0.717, 1.165) is 36.5 Å². The van der Waals surface area contributed by atoms with Gasteiger partial charge in [-0.3, -0.25) is 0 Å². The molecule has 1 heteroatoms. The fraction of sp³-hybridized carbons (Fsp3) is 0.862. The maximum absolute atomic E-state index is 10.7. The first-order valence-corrected chi connectivity index (χ1v) is 13.3. The zero-order chi connectivity index (χ0) is 21.7. The molecule has 0 bridgehead atoms. The van der Waals surface area contributed by atoms with Crippen LogP contribution in [0.15, 0.2) is 22.8 Å². The third-order valence-electron chi connectivity index (χ3n) is 10.7. The number of rotatable bonds is 5. The Balaban J connectivity index is 1.57. The number of hydrogen-bond donors (Lipinski definition) is 1. The summed E-state index contributed by atoms with van der Waals surface area (Å²) in [6.07, 6.45) is 16.7. The largest absolute Gasteiger partial charge is 0.393 e. The van der Waals surface area contributed by atoms with Gasteiger partial charge in [0.15, 0.2) is 0 Å². The van der Waals surface area contributed by atoms with Gasteiger partial charge >= 0.3 is 0 Å². The number of fused-ring (bicyclic) bond motifs is 4. The Kier molecular flexibility index (Phi) is 6.35. The van der Waals surface area contributed by atoms with E-state index < -0.39 is 0 Å². The maximum atomic E-state index is 10.7. The van der Waals surface area contributed by atoms with Crippen LogP contribution in [0.2, 0.25) is 0 Å². The average molecular weight is 413 g/mol. The van der Waals surface area contributed by atoms with Crippen molar-refractivity contribution >= 4 is 0 Å². The van der Waals surface area contributed by atoms with Crippen molar-refractivity contribution in [3.8, 4) is 0 Å². The molecule has 30 heavy (non-hydrogen) atoms. The van der Waals surface area contributed by atoms with Gasteiger partial charge < -0.3 is 5.11 Å². The summed E-state index contributed by atoms with van der Waals surface area (Å²) in [6.45, 7) is 14.6. The minimum Gasteiger partial charge on any atom is -0.393 e. The molecule has 1 N–H and O–H groups in total. The van der Waals surface area contributed by atoms with Crippen molar-refractivity contribution in [2.24, 2.45) is 40.4 Å². The third-order valence-corrected chi connectivity index (χ3v) is 10.7. The van der Waals surface area contributed by atoms with Gasteiger partial charge in [0.1, 0.15) is 0 Å². The summed E-state index contributed by atoms with van der Waals surface area (Å²) in [5.74, 6) is 3.84. The third kappa shape index (κ3) is 3.56. The molecule has 4 aliphatic rings.